The number of hydrogen-bond acceptors (Lipinski definition) is 4. The molecule has 3 atom stereocenters. The summed E-state index contributed by atoms with van der Waals surface area (Å²) in [6.45, 7) is 5.79. The molecule has 1 amide bonds. The van der Waals surface area contributed by atoms with Crippen molar-refractivity contribution in [3.05, 3.63) is 29.3 Å². The molecule has 1 heterocycles. The van der Waals surface area contributed by atoms with E-state index in [1.54, 1.807) is 7.11 Å². The van der Waals surface area contributed by atoms with Crippen LogP contribution in [0.5, 0.6) is 0 Å². The summed E-state index contributed by atoms with van der Waals surface area (Å²) in [5, 5.41) is 3.06. The summed E-state index contributed by atoms with van der Waals surface area (Å²) in [5.74, 6) is 0.261. The van der Waals surface area contributed by atoms with Crippen LogP contribution in [0.1, 0.15) is 67.8 Å². The van der Waals surface area contributed by atoms with Crippen molar-refractivity contribution in [3.8, 4) is 0 Å². The van der Waals surface area contributed by atoms with Crippen molar-refractivity contribution < 1.29 is 14.3 Å². The molecule has 0 aromatic heterocycles. The maximum absolute atomic E-state index is 12.8. The minimum Gasteiger partial charge on any atom is -0.381 e. The fourth-order valence-electron chi connectivity index (χ4n) is 3.71. The fraction of sp³-hybridized carbons (Fsp3) is 0.682. The molecule has 1 aromatic rings. The largest absolute Gasteiger partial charge is 0.381 e. The van der Waals surface area contributed by atoms with Crippen LogP contribution >= 0.6 is 0 Å². The molecule has 1 aliphatic heterocycles. The van der Waals surface area contributed by atoms with Crippen molar-refractivity contribution in [2.45, 2.75) is 64.1 Å². The number of amides is 1. The summed E-state index contributed by atoms with van der Waals surface area (Å²) in [6.07, 6.45) is 5.63. The molecule has 1 fully saturated rings. The molecule has 5 nitrogen and oxygen atoms in total. The van der Waals surface area contributed by atoms with Gasteiger partial charge in [-0.2, -0.15) is 0 Å². The van der Waals surface area contributed by atoms with E-state index in [-0.39, 0.29) is 17.9 Å². The molecule has 2 rings (SSSR count). The molecule has 5 heteroatoms. The monoisotopic (exact) mass is 376 g/mol. The van der Waals surface area contributed by atoms with Crippen LogP contribution in [-0.4, -0.2) is 52.5 Å². The number of ether oxygens (including phenoxy) is 2. The number of hydrogen-bond donors (Lipinski definition) is 1. The van der Waals surface area contributed by atoms with E-state index in [0.717, 1.165) is 44.4 Å². The third kappa shape index (κ3) is 6.22. The first-order valence-electron chi connectivity index (χ1n) is 10.2. The molecular formula is C22H36N2O3. The average Bonchev–Trinajstić information content (AvgIpc) is 3.18. The van der Waals surface area contributed by atoms with Crippen molar-refractivity contribution >= 4 is 11.6 Å². The standard InChI is InChI=1S/C22H36N2O3/c1-6-8-21(16(2)26-5)17-13-18(15-19(14-17)24(3)4)22(25)23-11-10-20-9-7-12-27-20/h13-16,20-21H,6-12H2,1-5H3,(H,23,25). The molecule has 1 saturated heterocycles. The smallest absolute Gasteiger partial charge is 0.251 e. The summed E-state index contributed by atoms with van der Waals surface area (Å²) < 4.78 is 11.2. The lowest BCUT2D eigenvalue weighted by Gasteiger charge is -2.25. The second kappa shape index (κ2) is 10.7. The number of carbonyl (C=O) groups excluding carboxylic acids is 1. The zero-order chi connectivity index (χ0) is 19.8. The highest BCUT2D eigenvalue weighted by Crippen LogP contribution is 2.30. The number of carbonyl (C=O) groups is 1. The van der Waals surface area contributed by atoms with Gasteiger partial charge >= 0.3 is 0 Å². The summed E-state index contributed by atoms with van der Waals surface area (Å²) in [5.41, 5.74) is 2.93. The number of rotatable bonds is 10. The second-order valence-electron chi connectivity index (χ2n) is 7.72. The maximum Gasteiger partial charge on any atom is 0.251 e. The predicted octanol–water partition coefficient (Wildman–Crippen LogP) is 3.97. The van der Waals surface area contributed by atoms with Gasteiger partial charge in [-0.05, 0) is 56.4 Å². The Morgan fingerprint density at radius 1 is 1.37 bits per heavy atom. The first-order valence-corrected chi connectivity index (χ1v) is 10.2. The van der Waals surface area contributed by atoms with Gasteiger partial charge in [-0.25, -0.2) is 0 Å². The van der Waals surface area contributed by atoms with Crippen LogP contribution in [0.15, 0.2) is 18.2 Å². The lowest BCUT2D eigenvalue weighted by atomic mass is 9.88. The predicted molar refractivity (Wildman–Crippen MR) is 111 cm³/mol. The highest BCUT2D eigenvalue weighted by Gasteiger charge is 2.21. The quantitative estimate of drug-likeness (QED) is 0.671. The van der Waals surface area contributed by atoms with E-state index in [9.17, 15) is 4.79 Å². The first kappa shape index (κ1) is 21.7. The zero-order valence-electron chi connectivity index (χ0n) is 17.6. The van der Waals surface area contributed by atoms with E-state index in [1.807, 2.05) is 31.1 Å². The van der Waals surface area contributed by atoms with Crippen LogP contribution < -0.4 is 10.2 Å². The molecule has 3 unspecified atom stereocenters. The Hall–Kier alpha value is -1.59. The third-order valence-corrected chi connectivity index (χ3v) is 5.46. The number of benzene rings is 1. The van der Waals surface area contributed by atoms with E-state index < -0.39 is 0 Å². The molecule has 0 bridgehead atoms. The Balaban J connectivity index is 2.15. The SMILES string of the molecule is CCCC(c1cc(C(=O)NCCC2CCCO2)cc(N(C)C)c1)C(C)OC. The topological polar surface area (TPSA) is 50.8 Å². The summed E-state index contributed by atoms with van der Waals surface area (Å²) >= 11 is 0. The summed E-state index contributed by atoms with van der Waals surface area (Å²) in [6, 6.07) is 6.18. The van der Waals surface area contributed by atoms with Crippen molar-refractivity contribution in [1.29, 1.82) is 0 Å². The van der Waals surface area contributed by atoms with Gasteiger partial charge in [0.05, 0.1) is 12.2 Å². The summed E-state index contributed by atoms with van der Waals surface area (Å²) in [7, 11) is 5.77. The Bertz CT molecular complexity index is 597. The van der Waals surface area contributed by atoms with Crippen LogP contribution in [0.25, 0.3) is 0 Å². The van der Waals surface area contributed by atoms with Gasteiger partial charge in [0, 0.05) is 51.5 Å². The van der Waals surface area contributed by atoms with Gasteiger partial charge in [-0.3, -0.25) is 4.79 Å². The molecule has 27 heavy (non-hydrogen) atoms. The van der Waals surface area contributed by atoms with Gasteiger partial charge in [0.1, 0.15) is 0 Å². The van der Waals surface area contributed by atoms with Crippen LogP contribution in [0.3, 0.4) is 0 Å². The molecule has 1 aromatic carbocycles. The van der Waals surface area contributed by atoms with Crippen LogP contribution in [0.2, 0.25) is 0 Å². The normalized spacial score (nSPS) is 18.9. The molecule has 0 radical (unpaired) electrons. The fourth-order valence-corrected chi connectivity index (χ4v) is 3.71. The molecule has 1 aliphatic rings. The minimum absolute atomic E-state index is 0.0155. The highest BCUT2D eigenvalue weighted by molar-refractivity contribution is 5.95. The number of nitrogens with one attached hydrogen (secondary N) is 1. The lowest BCUT2D eigenvalue weighted by Crippen LogP contribution is -2.28. The third-order valence-electron chi connectivity index (χ3n) is 5.46. The molecule has 0 spiro atoms. The highest BCUT2D eigenvalue weighted by atomic mass is 16.5. The van der Waals surface area contributed by atoms with Gasteiger partial charge in [0.15, 0.2) is 0 Å². The van der Waals surface area contributed by atoms with E-state index >= 15 is 0 Å². The molecule has 1 N–H and O–H groups in total. The van der Waals surface area contributed by atoms with Crippen molar-refractivity contribution in [3.63, 3.8) is 0 Å². The van der Waals surface area contributed by atoms with Gasteiger partial charge in [0.25, 0.3) is 5.91 Å². The van der Waals surface area contributed by atoms with Gasteiger partial charge in [0.2, 0.25) is 0 Å². The van der Waals surface area contributed by atoms with Crippen molar-refractivity contribution in [1.82, 2.24) is 5.32 Å². The molecule has 152 valence electrons. The molecule has 0 aliphatic carbocycles. The maximum atomic E-state index is 12.8. The second-order valence-corrected chi connectivity index (χ2v) is 7.72. The lowest BCUT2D eigenvalue weighted by molar-refractivity contribution is 0.0894. The summed E-state index contributed by atoms with van der Waals surface area (Å²) in [4.78, 5) is 14.8. The van der Waals surface area contributed by atoms with E-state index in [2.05, 4.69) is 25.2 Å². The zero-order valence-corrected chi connectivity index (χ0v) is 17.6. The van der Waals surface area contributed by atoms with Crippen LogP contribution in [-0.2, 0) is 9.47 Å². The van der Waals surface area contributed by atoms with E-state index in [0.29, 0.717) is 18.2 Å². The van der Waals surface area contributed by atoms with Crippen LogP contribution in [0.4, 0.5) is 5.69 Å². The van der Waals surface area contributed by atoms with Crippen molar-refractivity contribution in [2.75, 3.05) is 39.3 Å². The van der Waals surface area contributed by atoms with Crippen molar-refractivity contribution in [2.24, 2.45) is 0 Å². The number of nitrogens with zero attached hydrogens (tertiary/aromatic N) is 1. The molecule has 0 saturated carbocycles. The first-order chi connectivity index (χ1) is 13.0. The Labute approximate surface area is 164 Å². The van der Waals surface area contributed by atoms with Gasteiger partial charge in [-0.1, -0.05) is 13.3 Å². The Morgan fingerprint density at radius 3 is 2.74 bits per heavy atom. The van der Waals surface area contributed by atoms with E-state index in [4.69, 9.17) is 9.47 Å². The Morgan fingerprint density at radius 2 is 2.15 bits per heavy atom. The minimum atomic E-state index is -0.0155. The van der Waals surface area contributed by atoms with E-state index in [1.165, 1.54) is 5.56 Å². The number of anilines is 1. The number of methoxy groups -OCH3 is 1. The van der Waals surface area contributed by atoms with Gasteiger partial charge in [-0.15, -0.1) is 0 Å². The Kier molecular flexibility index (Phi) is 8.58. The average molecular weight is 377 g/mol. The molecular weight excluding hydrogens is 340 g/mol. The van der Waals surface area contributed by atoms with Crippen LogP contribution in [0, 0.1) is 0 Å². The van der Waals surface area contributed by atoms with Gasteiger partial charge < -0.3 is 19.7 Å².